The van der Waals surface area contributed by atoms with Gasteiger partial charge in [0.15, 0.2) is 5.58 Å². The van der Waals surface area contributed by atoms with Gasteiger partial charge < -0.3 is 9.32 Å². The maximum Gasteiger partial charge on any atom is 0.257 e. The number of benzene rings is 2. The molecule has 3 rings (SSSR count). The van der Waals surface area contributed by atoms with E-state index in [1.165, 1.54) is 17.3 Å². The van der Waals surface area contributed by atoms with Gasteiger partial charge in [-0.2, -0.15) is 0 Å². The molecule has 4 nitrogen and oxygen atoms in total. The number of amides is 1. The molecule has 5 heteroatoms. The number of rotatable bonds is 7. The van der Waals surface area contributed by atoms with Gasteiger partial charge in [0.2, 0.25) is 5.91 Å². The van der Waals surface area contributed by atoms with Crippen LogP contribution in [0.15, 0.2) is 58.2 Å². The van der Waals surface area contributed by atoms with Crippen molar-refractivity contribution in [3.05, 3.63) is 59.7 Å². The summed E-state index contributed by atoms with van der Waals surface area (Å²) in [4.78, 5) is 18.9. The topological polar surface area (TPSA) is 46.3 Å². The molecular formula is C20H22N2O2S. The summed E-state index contributed by atoms with van der Waals surface area (Å²) in [5, 5.41) is 0.543. The third-order valence-corrected chi connectivity index (χ3v) is 4.75. The van der Waals surface area contributed by atoms with E-state index in [0.29, 0.717) is 17.5 Å². The van der Waals surface area contributed by atoms with Gasteiger partial charge in [-0.1, -0.05) is 60.6 Å². The third-order valence-electron chi connectivity index (χ3n) is 3.93. The summed E-state index contributed by atoms with van der Waals surface area (Å²) in [6, 6.07) is 16.0. The lowest BCUT2D eigenvalue weighted by atomic mass is 10.1. The Bertz CT molecular complexity index is 809. The van der Waals surface area contributed by atoms with E-state index in [1.54, 1.807) is 0 Å². The number of nitrogens with zero attached hydrogens (tertiary/aromatic N) is 2. The van der Waals surface area contributed by atoms with Crippen molar-refractivity contribution in [1.29, 1.82) is 0 Å². The van der Waals surface area contributed by atoms with Crippen molar-refractivity contribution < 1.29 is 9.21 Å². The number of hydrogen-bond donors (Lipinski definition) is 0. The van der Waals surface area contributed by atoms with Crippen molar-refractivity contribution in [2.75, 3.05) is 12.3 Å². The predicted octanol–water partition coefficient (Wildman–Crippen LogP) is 4.67. The highest BCUT2D eigenvalue weighted by Gasteiger charge is 2.15. The molecule has 0 atom stereocenters. The SMILES string of the molecule is CCCN(Cc1ccc(C)cc1)C(=O)CSc1nc2ccccc2o1. The van der Waals surface area contributed by atoms with Gasteiger partial charge in [0, 0.05) is 13.1 Å². The fraction of sp³-hybridized carbons (Fsp3) is 0.300. The summed E-state index contributed by atoms with van der Waals surface area (Å²) < 4.78 is 5.67. The van der Waals surface area contributed by atoms with Gasteiger partial charge in [0.1, 0.15) is 5.52 Å². The van der Waals surface area contributed by atoms with E-state index in [1.807, 2.05) is 29.2 Å². The average molecular weight is 354 g/mol. The second kappa shape index (κ2) is 8.21. The fourth-order valence-corrected chi connectivity index (χ4v) is 3.34. The molecule has 0 aliphatic carbocycles. The van der Waals surface area contributed by atoms with Crippen LogP contribution in [0.5, 0.6) is 0 Å². The number of aryl methyl sites for hydroxylation is 1. The maximum atomic E-state index is 12.6. The molecule has 1 heterocycles. The molecule has 0 spiro atoms. The Morgan fingerprint density at radius 3 is 2.64 bits per heavy atom. The number of hydrogen-bond acceptors (Lipinski definition) is 4. The number of oxazole rings is 1. The Kier molecular flexibility index (Phi) is 5.76. The molecule has 1 amide bonds. The maximum absolute atomic E-state index is 12.6. The lowest BCUT2D eigenvalue weighted by molar-refractivity contribution is -0.129. The first-order valence-corrected chi connectivity index (χ1v) is 9.46. The molecule has 0 N–H and O–H groups in total. The van der Waals surface area contributed by atoms with Crippen molar-refractivity contribution in [2.45, 2.75) is 32.0 Å². The van der Waals surface area contributed by atoms with E-state index in [4.69, 9.17) is 4.42 Å². The van der Waals surface area contributed by atoms with E-state index in [9.17, 15) is 4.79 Å². The molecule has 0 saturated carbocycles. The lowest BCUT2D eigenvalue weighted by Gasteiger charge is -2.22. The first kappa shape index (κ1) is 17.5. The van der Waals surface area contributed by atoms with Crippen LogP contribution in [0.3, 0.4) is 0 Å². The molecule has 0 unspecified atom stereocenters. The zero-order valence-corrected chi connectivity index (χ0v) is 15.4. The molecule has 3 aromatic rings. The molecular weight excluding hydrogens is 332 g/mol. The van der Waals surface area contributed by atoms with Crippen LogP contribution < -0.4 is 0 Å². The largest absolute Gasteiger partial charge is 0.431 e. The minimum absolute atomic E-state index is 0.106. The third kappa shape index (κ3) is 4.63. The normalized spacial score (nSPS) is 11.0. The van der Waals surface area contributed by atoms with Crippen molar-refractivity contribution >= 4 is 28.8 Å². The van der Waals surface area contributed by atoms with Gasteiger partial charge in [-0.3, -0.25) is 4.79 Å². The zero-order chi connectivity index (χ0) is 17.6. The molecule has 0 saturated heterocycles. The lowest BCUT2D eigenvalue weighted by Crippen LogP contribution is -2.32. The van der Waals surface area contributed by atoms with E-state index < -0.39 is 0 Å². The molecule has 0 radical (unpaired) electrons. The fourth-order valence-electron chi connectivity index (χ4n) is 2.60. The zero-order valence-electron chi connectivity index (χ0n) is 14.6. The minimum atomic E-state index is 0.106. The van der Waals surface area contributed by atoms with Gasteiger partial charge in [0.25, 0.3) is 5.22 Å². The van der Waals surface area contributed by atoms with Crippen LogP contribution in [0.2, 0.25) is 0 Å². The molecule has 0 fully saturated rings. The van der Waals surface area contributed by atoms with Crippen LogP contribution in [-0.4, -0.2) is 28.1 Å². The number of carbonyl (C=O) groups is 1. The second-order valence-electron chi connectivity index (χ2n) is 6.04. The molecule has 2 aromatic carbocycles. The monoisotopic (exact) mass is 354 g/mol. The van der Waals surface area contributed by atoms with Gasteiger partial charge >= 0.3 is 0 Å². The standard InChI is InChI=1S/C20H22N2O2S/c1-3-12-22(13-16-10-8-15(2)9-11-16)19(23)14-25-20-21-17-6-4-5-7-18(17)24-20/h4-11H,3,12-14H2,1-2H3. The molecule has 0 aliphatic rings. The molecule has 130 valence electrons. The van der Waals surface area contributed by atoms with Crippen molar-refractivity contribution in [1.82, 2.24) is 9.88 Å². The number of fused-ring (bicyclic) bond motifs is 1. The van der Waals surface area contributed by atoms with E-state index >= 15 is 0 Å². The second-order valence-corrected chi connectivity index (χ2v) is 6.96. The van der Waals surface area contributed by atoms with Crippen LogP contribution in [0.1, 0.15) is 24.5 Å². The Hall–Kier alpha value is -2.27. The van der Waals surface area contributed by atoms with Crippen molar-refractivity contribution in [2.24, 2.45) is 0 Å². The predicted molar refractivity (Wildman–Crippen MR) is 102 cm³/mol. The first-order chi connectivity index (χ1) is 12.2. The summed E-state index contributed by atoms with van der Waals surface area (Å²) in [6.45, 7) is 5.54. The number of carbonyl (C=O) groups excluding carboxylic acids is 1. The van der Waals surface area contributed by atoms with Gasteiger partial charge in [-0.05, 0) is 31.0 Å². The Labute approximate surface area is 152 Å². The molecule has 1 aromatic heterocycles. The Balaban J connectivity index is 1.62. The smallest absolute Gasteiger partial charge is 0.257 e. The quantitative estimate of drug-likeness (QED) is 0.579. The van der Waals surface area contributed by atoms with Crippen LogP contribution >= 0.6 is 11.8 Å². The number of aromatic nitrogens is 1. The minimum Gasteiger partial charge on any atom is -0.431 e. The van der Waals surface area contributed by atoms with Crippen molar-refractivity contribution in [3.63, 3.8) is 0 Å². The summed E-state index contributed by atoms with van der Waals surface area (Å²) in [7, 11) is 0. The molecule has 25 heavy (non-hydrogen) atoms. The summed E-state index contributed by atoms with van der Waals surface area (Å²) in [5.74, 6) is 0.438. The highest BCUT2D eigenvalue weighted by atomic mass is 32.2. The number of para-hydroxylation sites is 2. The van der Waals surface area contributed by atoms with Gasteiger partial charge in [-0.15, -0.1) is 0 Å². The average Bonchev–Trinajstić information content (AvgIpc) is 3.04. The Morgan fingerprint density at radius 2 is 1.92 bits per heavy atom. The van der Waals surface area contributed by atoms with Gasteiger partial charge in [0.05, 0.1) is 5.75 Å². The van der Waals surface area contributed by atoms with Gasteiger partial charge in [-0.25, -0.2) is 4.98 Å². The van der Waals surface area contributed by atoms with Crippen LogP contribution in [0.25, 0.3) is 11.1 Å². The first-order valence-electron chi connectivity index (χ1n) is 8.47. The van der Waals surface area contributed by atoms with Crippen LogP contribution in [-0.2, 0) is 11.3 Å². The summed E-state index contributed by atoms with van der Waals surface area (Å²) >= 11 is 1.35. The van der Waals surface area contributed by atoms with Crippen molar-refractivity contribution in [3.8, 4) is 0 Å². The summed E-state index contributed by atoms with van der Waals surface area (Å²) in [5.41, 5.74) is 3.95. The number of thioether (sulfide) groups is 1. The van der Waals surface area contributed by atoms with Crippen LogP contribution in [0, 0.1) is 6.92 Å². The Morgan fingerprint density at radius 1 is 1.16 bits per heavy atom. The van der Waals surface area contributed by atoms with Crippen LogP contribution in [0.4, 0.5) is 0 Å². The molecule has 0 aliphatic heterocycles. The van der Waals surface area contributed by atoms with E-state index in [2.05, 4.69) is 43.1 Å². The molecule has 0 bridgehead atoms. The van der Waals surface area contributed by atoms with E-state index in [0.717, 1.165) is 29.6 Å². The highest BCUT2D eigenvalue weighted by Crippen LogP contribution is 2.23. The van der Waals surface area contributed by atoms with E-state index in [-0.39, 0.29) is 5.91 Å². The summed E-state index contributed by atoms with van der Waals surface area (Å²) in [6.07, 6.45) is 0.936. The highest BCUT2D eigenvalue weighted by molar-refractivity contribution is 7.99.